The van der Waals surface area contributed by atoms with Crippen molar-refractivity contribution in [3.63, 3.8) is 0 Å². The van der Waals surface area contributed by atoms with E-state index in [1.807, 2.05) is 37.4 Å². The predicted molar refractivity (Wildman–Crippen MR) is 92.5 cm³/mol. The van der Waals surface area contributed by atoms with Gasteiger partial charge in [-0.2, -0.15) is 0 Å². The maximum Gasteiger partial charge on any atom is 0.254 e. The van der Waals surface area contributed by atoms with E-state index < -0.39 is 0 Å². The Morgan fingerprint density at radius 3 is 2.70 bits per heavy atom. The summed E-state index contributed by atoms with van der Waals surface area (Å²) in [6.45, 7) is 2.04. The molecule has 0 fully saturated rings. The van der Waals surface area contributed by atoms with E-state index in [0.717, 1.165) is 22.3 Å². The third kappa shape index (κ3) is 2.61. The molecule has 2 aromatic rings. The lowest BCUT2D eigenvalue weighted by molar-refractivity contribution is 0.0827. The number of pyridine rings is 1. The number of amides is 1. The maximum atomic E-state index is 12.3. The molecule has 0 unspecified atom stereocenters. The van der Waals surface area contributed by atoms with Crippen molar-refractivity contribution in [1.82, 2.24) is 9.47 Å². The van der Waals surface area contributed by atoms with E-state index >= 15 is 0 Å². The normalized spacial score (nSPS) is 12.8. The van der Waals surface area contributed by atoms with Crippen molar-refractivity contribution < 1.29 is 4.79 Å². The molecule has 4 heteroatoms. The van der Waals surface area contributed by atoms with Crippen LogP contribution >= 0.6 is 0 Å². The van der Waals surface area contributed by atoms with E-state index in [4.69, 9.17) is 0 Å². The van der Waals surface area contributed by atoms with Gasteiger partial charge in [-0.1, -0.05) is 23.8 Å². The number of benzene rings is 1. The fourth-order valence-electron chi connectivity index (χ4n) is 3.03. The Morgan fingerprint density at radius 2 is 2.00 bits per heavy atom. The van der Waals surface area contributed by atoms with Gasteiger partial charge in [-0.25, -0.2) is 0 Å². The van der Waals surface area contributed by atoms with Gasteiger partial charge in [0.25, 0.3) is 11.5 Å². The van der Waals surface area contributed by atoms with Gasteiger partial charge in [0.15, 0.2) is 0 Å². The Balaban J connectivity index is 2.19. The molecule has 23 heavy (non-hydrogen) atoms. The van der Waals surface area contributed by atoms with Crippen LogP contribution in [0.1, 0.15) is 28.4 Å². The molecule has 0 aliphatic heterocycles. The number of fused-ring (bicyclic) bond motifs is 1. The zero-order valence-corrected chi connectivity index (χ0v) is 13.9. The molecule has 0 radical (unpaired) electrons. The highest BCUT2D eigenvalue weighted by Gasteiger charge is 2.20. The molecular weight excluding hydrogens is 288 g/mol. The molecule has 0 saturated heterocycles. The minimum Gasteiger partial charge on any atom is -0.345 e. The molecule has 0 N–H and O–H groups in total. The average Bonchev–Trinajstić information content (AvgIpc) is 2.92. The second-order valence-corrected chi connectivity index (χ2v) is 6.30. The molecule has 1 aromatic heterocycles. The Bertz CT molecular complexity index is 889. The van der Waals surface area contributed by atoms with Gasteiger partial charge in [-0.3, -0.25) is 9.59 Å². The number of aromatic nitrogens is 1. The first kappa shape index (κ1) is 15.3. The van der Waals surface area contributed by atoms with E-state index in [1.165, 1.54) is 5.57 Å². The summed E-state index contributed by atoms with van der Waals surface area (Å²) in [7, 11) is 5.25. The third-order valence-electron chi connectivity index (χ3n) is 4.19. The lowest BCUT2D eigenvalue weighted by Gasteiger charge is -2.13. The van der Waals surface area contributed by atoms with Crippen molar-refractivity contribution in [3.8, 4) is 11.1 Å². The second kappa shape index (κ2) is 5.54. The molecule has 0 spiro atoms. The summed E-state index contributed by atoms with van der Waals surface area (Å²) in [5.74, 6) is -0.0277. The van der Waals surface area contributed by atoms with Crippen LogP contribution in [0.15, 0.2) is 40.8 Å². The lowest BCUT2D eigenvalue weighted by atomic mass is 9.98. The minimum atomic E-state index is -0.0277. The Kier molecular flexibility index (Phi) is 3.68. The highest BCUT2D eigenvalue weighted by atomic mass is 16.2. The SMILES string of the molecule is CC1=Cc2c(-c3cccc(C(=O)N(C)C)c3)cn(C)c(=O)c2C1. The van der Waals surface area contributed by atoms with E-state index in [-0.39, 0.29) is 11.5 Å². The number of rotatable bonds is 2. The summed E-state index contributed by atoms with van der Waals surface area (Å²) in [5, 5.41) is 0. The number of carbonyl (C=O) groups is 1. The van der Waals surface area contributed by atoms with Crippen molar-refractivity contribution in [3.05, 3.63) is 63.1 Å². The molecule has 0 saturated carbocycles. The topological polar surface area (TPSA) is 42.3 Å². The van der Waals surface area contributed by atoms with E-state index in [2.05, 4.69) is 6.08 Å². The second-order valence-electron chi connectivity index (χ2n) is 6.30. The molecule has 118 valence electrons. The van der Waals surface area contributed by atoms with Crippen LogP contribution in [0.25, 0.3) is 17.2 Å². The first-order chi connectivity index (χ1) is 10.9. The molecule has 0 bridgehead atoms. The van der Waals surface area contributed by atoms with Crippen molar-refractivity contribution in [2.24, 2.45) is 7.05 Å². The van der Waals surface area contributed by atoms with Crippen LogP contribution in [0, 0.1) is 0 Å². The Hall–Kier alpha value is -2.62. The van der Waals surface area contributed by atoms with Crippen LogP contribution in [0.5, 0.6) is 0 Å². The summed E-state index contributed by atoms with van der Waals surface area (Å²) in [6.07, 6.45) is 4.63. The summed E-state index contributed by atoms with van der Waals surface area (Å²) in [4.78, 5) is 26.1. The number of hydrogen-bond acceptors (Lipinski definition) is 2. The van der Waals surface area contributed by atoms with Crippen LogP contribution in [0.2, 0.25) is 0 Å². The van der Waals surface area contributed by atoms with Gasteiger partial charge >= 0.3 is 0 Å². The van der Waals surface area contributed by atoms with E-state index in [0.29, 0.717) is 12.0 Å². The van der Waals surface area contributed by atoms with Gasteiger partial charge in [-0.05, 0) is 36.6 Å². The summed E-state index contributed by atoms with van der Waals surface area (Å²) >= 11 is 0. The van der Waals surface area contributed by atoms with Gasteiger partial charge in [0.2, 0.25) is 0 Å². The number of nitrogens with zero attached hydrogens (tertiary/aromatic N) is 2. The number of hydrogen-bond donors (Lipinski definition) is 0. The summed E-state index contributed by atoms with van der Waals surface area (Å²) in [6, 6.07) is 7.57. The molecule has 4 nitrogen and oxygen atoms in total. The number of aryl methyl sites for hydroxylation is 1. The van der Waals surface area contributed by atoms with Crippen LogP contribution in [0.3, 0.4) is 0 Å². The van der Waals surface area contributed by atoms with Crippen molar-refractivity contribution in [1.29, 1.82) is 0 Å². The van der Waals surface area contributed by atoms with Crippen LogP contribution in [0.4, 0.5) is 0 Å². The van der Waals surface area contributed by atoms with E-state index in [1.54, 1.807) is 30.6 Å². The zero-order valence-electron chi connectivity index (χ0n) is 13.9. The fraction of sp³-hybridized carbons (Fsp3) is 0.263. The van der Waals surface area contributed by atoms with Crippen LogP contribution < -0.4 is 5.56 Å². The van der Waals surface area contributed by atoms with Gasteiger partial charge in [0.05, 0.1) is 0 Å². The summed E-state index contributed by atoms with van der Waals surface area (Å²) < 4.78 is 1.63. The molecule has 3 rings (SSSR count). The highest BCUT2D eigenvalue weighted by molar-refractivity contribution is 5.95. The quantitative estimate of drug-likeness (QED) is 0.856. The van der Waals surface area contributed by atoms with Crippen LogP contribution in [-0.4, -0.2) is 29.5 Å². The molecule has 1 heterocycles. The smallest absolute Gasteiger partial charge is 0.254 e. The highest BCUT2D eigenvalue weighted by Crippen LogP contribution is 2.32. The van der Waals surface area contributed by atoms with Crippen LogP contribution in [-0.2, 0) is 13.5 Å². The van der Waals surface area contributed by atoms with Gasteiger partial charge in [-0.15, -0.1) is 0 Å². The standard InChI is InChI=1S/C19H20N2O2/c1-12-8-15-16(9-12)19(23)21(4)11-17(15)13-6-5-7-14(10-13)18(22)20(2)3/h5-8,10-11H,9H2,1-4H3. The zero-order chi connectivity index (χ0) is 16.7. The fourth-order valence-corrected chi connectivity index (χ4v) is 3.03. The molecule has 1 aliphatic rings. The Morgan fingerprint density at radius 1 is 1.26 bits per heavy atom. The van der Waals surface area contributed by atoms with Gasteiger partial charge in [0, 0.05) is 44.0 Å². The largest absolute Gasteiger partial charge is 0.345 e. The first-order valence-corrected chi connectivity index (χ1v) is 7.60. The molecule has 1 aliphatic carbocycles. The monoisotopic (exact) mass is 308 g/mol. The first-order valence-electron chi connectivity index (χ1n) is 7.60. The summed E-state index contributed by atoms with van der Waals surface area (Å²) in [5.41, 5.74) is 5.66. The Labute approximate surface area is 135 Å². The third-order valence-corrected chi connectivity index (χ3v) is 4.19. The van der Waals surface area contributed by atoms with Gasteiger partial charge < -0.3 is 9.47 Å². The average molecular weight is 308 g/mol. The van der Waals surface area contributed by atoms with Gasteiger partial charge in [0.1, 0.15) is 0 Å². The molecular formula is C19H20N2O2. The van der Waals surface area contributed by atoms with Crippen molar-refractivity contribution >= 4 is 12.0 Å². The lowest BCUT2D eigenvalue weighted by Crippen LogP contribution is -2.22. The number of allylic oxidation sites excluding steroid dienone is 1. The predicted octanol–water partition coefficient (Wildman–Crippen LogP) is 2.71. The number of carbonyl (C=O) groups excluding carboxylic acids is 1. The van der Waals surface area contributed by atoms with Crippen molar-refractivity contribution in [2.75, 3.05) is 14.1 Å². The maximum absolute atomic E-state index is 12.3. The minimum absolute atomic E-state index is 0.0277. The molecule has 1 amide bonds. The van der Waals surface area contributed by atoms with Crippen molar-refractivity contribution in [2.45, 2.75) is 13.3 Å². The van der Waals surface area contributed by atoms with E-state index in [9.17, 15) is 9.59 Å². The molecule has 0 atom stereocenters. The molecule has 1 aromatic carbocycles.